The van der Waals surface area contributed by atoms with Crippen LogP contribution in [0.5, 0.6) is 0 Å². The first-order chi connectivity index (χ1) is 17.2. The van der Waals surface area contributed by atoms with Gasteiger partial charge in [0.25, 0.3) is 0 Å². The first-order valence-electron chi connectivity index (χ1n) is 13.2. The van der Waals surface area contributed by atoms with Crippen LogP contribution in [-0.4, -0.2) is 50.0 Å². The summed E-state index contributed by atoms with van der Waals surface area (Å²) in [6.45, 7) is 15.7. The van der Waals surface area contributed by atoms with Crippen molar-refractivity contribution in [1.82, 2.24) is 24.5 Å². The minimum absolute atomic E-state index is 0.229. The minimum atomic E-state index is -0.229. The number of aromatic nitrogens is 4. The molecule has 0 radical (unpaired) electrons. The number of hydrogen-bond donors (Lipinski definition) is 2. The number of thiophene rings is 1. The summed E-state index contributed by atoms with van der Waals surface area (Å²) in [7, 11) is 0. The number of amides is 1. The van der Waals surface area contributed by atoms with Crippen LogP contribution in [0.4, 0.5) is 0 Å². The van der Waals surface area contributed by atoms with Crippen molar-refractivity contribution in [2.45, 2.75) is 72.6 Å². The molecule has 0 saturated carbocycles. The van der Waals surface area contributed by atoms with Gasteiger partial charge in [-0.2, -0.15) is 5.10 Å². The van der Waals surface area contributed by atoms with Gasteiger partial charge in [-0.15, -0.1) is 11.3 Å². The Kier molecular flexibility index (Phi) is 6.68. The predicted molar refractivity (Wildman–Crippen MR) is 148 cm³/mol. The van der Waals surface area contributed by atoms with Crippen molar-refractivity contribution in [2.24, 2.45) is 11.7 Å². The second kappa shape index (κ2) is 9.63. The molecule has 1 unspecified atom stereocenters. The zero-order valence-electron chi connectivity index (χ0n) is 22.3. The first kappa shape index (κ1) is 25.0. The Hall–Kier alpha value is -2.71. The number of H-pyrrole nitrogens is 1. The number of likely N-dealkylation sites (tertiary alicyclic amines) is 1. The van der Waals surface area contributed by atoms with Gasteiger partial charge in [-0.25, -0.2) is 9.50 Å². The van der Waals surface area contributed by atoms with Gasteiger partial charge < -0.3 is 10.7 Å². The third-order valence-electron chi connectivity index (χ3n) is 8.13. The lowest BCUT2D eigenvalue weighted by atomic mass is 9.80. The fourth-order valence-electron chi connectivity index (χ4n) is 6.33. The highest BCUT2D eigenvalue weighted by Gasteiger charge is 2.34. The van der Waals surface area contributed by atoms with Crippen molar-refractivity contribution in [3.05, 3.63) is 39.7 Å². The highest BCUT2D eigenvalue weighted by Crippen LogP contribution is 2.48. The molecule has 1 aliphatic rings. The number of piperidine rings is 1. The smallest absolute Gasteiger partial charge is 0.231 e. The summed E-state index contributed by atoms with van der Waals surface area (Å²) in [5, 5.41) is 5.82. The Morgan fingerprint density at radius 2 is 2.03 bits per heavy atom. The molecular formula is C28H38N6OS. The molecule has 3 N–H and O–H groups in total. The van der Waals surface area contributed by atoms with Gasteiger partial charge >= 0.3 is 0 Å². The van der Waals surface area contributed by atoms with E-state index in [1.165, 1.54) is 55.0 Å². The molecule has 4 aromatic heterocycles. The zero-order valence-corrected chi connectivity index (χ0v) is 23.1. The third kappa shape index (κ3) is 4.14. The van der Waals surface area contributed by atoms with Gasteiger partial charge in [0.05, 0.1) is 12.2 Å². The lowest BCUT2D eigenvalue weighted by Gasteiger charge is -2.38. The fraction of sp³-hybridized carbons (Fsp3) is 0.536. The minimum Gasteiger partial charge on any atom is -0.369 e. The van der Waals surface area contributed by atoms with Crippen molar-refractivity contribution >= 4 is 33.1 Å². The topological polar surface area (TPSA) is 92.3 Å². The van der Waals surface area contributed by atoms with E-state index >= 15 is 0 Å². The highest BCUT2D eigenvalue weighted by molar-refractivity contribution is 7.19. The van der Waals surface area contributed by atoms with Crippen LogP contribution in [0.15, 0.2) is 12.5 Å². The number of carbonyl (C=O) groups excluding carboxylic acids is 1. The van der Waals surface area contributed by atoms with Crippen LogP contribution in [-0.2, 0) is 4.79 Å². The molecule has 0 aromatic carbocycles. The number of nitrogens with one attached hydrogen (secondary N) is 1. The van der Waals surface area contributed by atoms with Crippen LogP contribution in [0.3, 0.4) is 0 Å². The predicted octanol–water partition coefficient (Wildman–Crippen LogP) is 5.68. The van der Waals surface area contributed by atoms with Gasteiger partial charge in [0.15, 0.2) is 5.65 Å². The molecule has 7 nitrogen and oxygen atoms in total. The van der Waals surface area contributed by atoms with E-state index in [0.717, 1.165) is 31.6 Å². The van der Waals surface area contributed by atoms with Crippen molar-refractivity contribution in [1.29, 1.82) is 0 Å². The van der Waals surface area contributed by atoms with Gasteiger partial charge in [0, 0.05) is 28.6 Å². The normalized spacial score (nSPS) is 19.2. The maximum atomic E-state index is 11.5. The molecule has 5 heterocycles. The lowest BCUT2D eigenvalue weighted by molar-refractivity contribution is -0.119. The number of aromatic amines is 1. The number of primary amides is 1. The van der Waals surface area contributed by atoms with Gasteiger partial charge in [0.1, 0.15) is 11.2 Å². The number of nitrogens with two attached hydrogens (primary N) is 1. The Balaban J connectivity index is 1.60. The molecule has 8 heteroatoms. The van der Waals surface area contributed by atoms with Crippen LogP contribution in [0.1, 0.15) is 79.0 Å². The molecule has 192 valence electrons. The molecule has 1 fully saturated rings. The van der Waals surface area contributed by atoms with Crippen molar-refractivity contribution < 1.29 is 4.79 Å². The van der Waals surface area contributed by atoms with Crippen LogP contribution >= 0.6 is 11.3 Å². The van der Waals surface area contributed by atoms with E-state index in [-0.39, 0.29) is 5.91 Å². The van der Waals surface area contributed by atoms with E-state index in [4.69, 9.17) is 5.73 Å². The molecule has 5 rings (SSSR count). The van der Waals surface area contributed by atoms with E-state index < -0.39 is 0 Å². The summed E-state index contributed by atoms with van der Waals surface area (Å²) in [6.07, 6.45) is 7.14. The maximum Gasteiger partial charge on any atom is 0.231 e. The summed E-state index contributed by atoms with van der Waals surface area (Å²) >= 11 is 1.94. The summed E-state index contributed by atoms with van der Waals surface area (Å²) in [4.78, 5) is 24.9. The second-order valence-corrected chi connectivity index (χ2v) is 11.9. The zero-order chi connectivity index (χ0) is 25.7. The van der Waals surface area contributed by atoms with Gasteiger partial charge in [-0.1, -0.05) is 27.2 Å². The largest absolute Gasteiger partial charge is 0.369 e. The monoisotopic (exact) mass is 506 g/mol. The molecule has 0 bridgehead atoms. The number of nitrogens with zero attached hydrogens (tertiary/aromatic N) is 4. The summed E-state index contributed by atoms with van der Waals surface area (Å²) < 4.78 is 1.89. The molecular weight excluding hydrogens is 468 g/mol. The van der Waals surface area contributed by atoms with Crippen molar-refractivity contribution in [3.8, 4) is 11.3 Å². The summed E-state index contributed by atoms with van der Waals surface area (Å²) in [5.74, 6) is 1.22. The molecule has 36 heavy (non-hydrogen) atoms. The third-order valence-corrected chi connectivity index (χ3v) is 9.47. The Morgan fingerprint density at radius 3 is 2.72 bits per heavy atom. The lowest BCUT2D eigenvalue weighted by Crippen LogP contribution is -2.43. The van der Waals surface area contributed by atoms with E-state index in [1.807, 2.05) is 15.9 Å². The molecule has 1 saturated heterocycles. The van der Waals surface area contributed by atoms with Crippen LogP contribution in [0.2, 0.25) is 0 Å². The number of fused-ring (bicyclic) bond motifs is 2. The Bertz CT molecular complexity index is 1430. The summed E-state index contributed by atoms with van der Waals surface area (Å²) in [5.41, 5.74) is 14.1. The second-order valence-electron chi connectivity index (χ2n) is 10.8. The average molecular weight is 507 g/mol. The fourth-order valence-corrected chi connectivity index (χ4v) is 7.78. The van der Waals surface area contributed by atoms with E-state index in [1.54, 1.807) is 6.33 Å². The number of hydrogen-bond acceptors (Lipinski definition) is 5. The average Bonchev–Trinajstić information content (AvgIpc) is 3.51. The molecule has 0 spiro atoms. The molecule has 2 atom stereocenters. The van der Waals surface area contributed by atoms with Crippen molar-refractivity contribution in [2.75, 3.05) is 19.6 Å². The van der Waals surface area contributed by atoms with Crippen LogP contribution in [0.25, 0.3) is 27.1 Å². The summed E-state index contributed by atoms with van der Waals surface area (Å²) in [6, 6.07) is 0. The van der Waals surface area contributed by atoms with Crippen molar-refractivity contribution in [3.63, 3.8) is 0 Å². The molecule has 4 aromatic rings. The maximum absolute atomic E-state index is 11.5. The number of carbonyl (C=O) groups is 1. The van der Waals surface area contributed by atoms with E-state index in [0.29, 0.717) is 24.3 Å². The van der Waals surface area contributed by atoms with Crippen LogP contribution in [0, 0.1) is 26.7 Å². The molecule has 0 aliphatic carbocycles. The standard InChI is InChI=1S/C28H38N6OS/c1-7-8-19-11-33(13-22(29)35)10-9-20(19)26-18(6)24-23(15(2)3)25(32-28(24)36-26)21-12-34-27(30-14-31-34)17(5)16(21)4/h12,14-15,19-20,32H,7-11,13H2,1-6H3,(H2,29,35)/t19?,20-/m0/s1. The SMILES string of the molecule is CCCC1CN(CC(N)=O)CC[C@@H]1c1sc2[nH]c(-c3cn4ncnc4c(C)c3C)c(C(C)C)c2c1C. The molecule has 1 amide bonds. The number of aryl methyl sites for hydroxylation is 2. The van der Waals surface area contributed by atoms with Gasteiger partial charge in [0.2, 0.25) is 5.91 Å². The van der Waals surface area contributed by atoms with Gasteiger partial charge in [-0.05, 0) is 80.2 Å². The van der Waals surface area contributed by atoms with E-state index in [9.17, 15) is 4.79 Å². The number of rotatable bonds is 7. The number of pyridine rings is 1. The first-order valence-corrected chi connectivity index (χ1v) is 14.0. The molecule has 1 aliphatic heterocycles. The Labute approximate surface area is 217 Å². The highest BCUT2D eigenvalue weighted by atomic mass is 32.1. The van der Waals surface area contributed by atoms with Gasteiger partial charge in [-0.3, -0.25) is 9.69 Å². The quantitative estimate of drug-likeness (QED) is 0.337. The van der Waals surface area contributed by atoms with Crippen LogP contribution < -0.4 is 5.73 Å². The Morgan fingerprint density at radius 1 is 1.25 bits per heavy atom. The van der Waals surface area contributed by atoms with E-state index in [2.05, 4.69) is 67.7 Å².